The van der Waals surface area contributed by atoms with Gasteiger partial charge >= 0.3 is 5.97 Å². The van der Waals surface area contributed by atoms with Gasteiger partial charge in [0.05, 0.1) is 14.5 Å². The largest absolute Gasteiger partial charge is 0.481 e. The molecular weight excluding hydrogens is 196 g/mol. The van der Waals surface area contributed by atoms with Gasteiger partial charge in [-0.2, -0.15) is 0 Å². The number of rotatable bonds is 3. The Hall–Kier alpha value is -0.903. The molecule has 1 unspecified atom stereocenters. The second-order valence-corrected chi connectivity index (χ2v) is 9.80. The standard InChI is InChI=1S/C10H16O3Si/c1-14(2,3)8-5-4-7(10(8)13)6-9(11)12/h5,7H,4,6H2,1-3H3,(H,11,12). The van der Waals surface area contributed by atoms with Crippen molar-refractivity contribution >= 4 is 19.8 Å². The van der Waals surface area contributed by atoms with Gasteiger partial charge in [0, 0.05) is 5.92 Å². The van der Waals surface area contributed by atoms with Crippen molar-refractivity contribution in [2.75, 3.05) is 0 Å². The van der Waals surface area contributed by atoms with E-state index in [2.05, 4.69) is 19.6 Å². The van der Waals surface area contributed by atoms with E-state index in [0.29, 0.717) is 6.42 Å². The van der Waals surface area contributed by atoms with Gasteiger partial charge in [-0.25, -0.2) is 0 Å². The van der Waals surface area contributed by atoms with Crippen LogP contribution in [0.2, 0.25) is 19.6 Å². The van der Waals surface area contributed by atoms with Crippen LogP contribution in [0, 0.1) is 5.92 Å². The molecule has 0 spiro atoms. The van der Waals surface area contributed by atoms with Crippen LogP contribution in [0.1, 0.15) is 12.8 Å². The summed E-state index contributed by atoms with van der Waals surface area (Å²) >= 11 is 0. The number of ketones is 1. The lowest BCUT2D eigenvalue weighted by Crippen LogP contribution is -2.30. The number of Topliss-reactive ketones (excluding diaryl/α,β-unsaturated/α-hetero) is 1. The molecule has 0 bridgehead atoms. The Bertz CT molecular complexity index is 299. The highest BCUT2D eigenvalue weighted by Crippen LogP contribution is 2.29. The Balaban J connectivity index is 2.72. The minimum Gasteiger partial charge on any atom is -0.481 e. The molecule has 1 atom stereocenters. The zero-order chi connectivity index (χ0) is 10.9. The lowest BCUT2D eigenvalue weighted by Gasteiger charge is -2.17. The number of allylic oxidation sites excluding steroid dienone is 2. The van der Waals surface area contributed by atoms with Crippen molar-refractivity contribution in [1.82, 2.24) is 0 Å². The Kier molecular flexibility index (Phi) is 2.94. The van der Waals surface area contributed by atoms with Crippen LogP contribution in [-0.2, 0) is 9.59 Å². The number of hydrogen-bond donors (Lipinski definition) is 1. The van der Waals surface area contributed by atoms with Gasteiger partial charge in [-0.1, -0.05) is 25.7 Å². The minimum absolute atomic E-state index is 0.0245. The van der Waals surface area contributed by atoms with E-state index >= 15 is 0 Å². The predicted octanol–water partition coefficient (Wildman–Crippen LogP) is 1.85. The van der Waals surface area contributed by atoms with Crippen LogP contribution in [0.15, 0.2) is 11.3 Å². The highest BCUT2D eigenvalue weighted by atomic mass is 28.3. The monoisotopic (exact) mass is 212 g/mol. The van der Waals surface area contributed by atoms with Gasteiger partial charge in [0.25, 0.3) is 0 Å². The van der Waals surface area contributed by atoms with Crippen molar-refractivity contribution in [1.29, 1.82) is 0 Å². The fourth-order valence-electron chi connectivity index (χ4n) is 1.75. The van der Waals surface area contributed by atoms with Crippen LogP contribution < -0.4 is 0 Å². The van der Waals surface area contributed by atoms with Gasteiger partial charge in [0.2, 0.25) is 0 Å². The van der Waals surface area contributed by atoms with Crippen LogP contribution >= 0.6 is 0 Å². The van der Waals surface area contributed by atoms with Crippen LogP contribution in [0.5, 0.6) is 0 Å². The van der Waals surface area contributed by atoms with Crippen molar-refractivity contribution in [3.05, 3.63) is 11.3 Å². The molecule has 0 amide bonds. The zero-order valence-corrected chi connectivity index (χ0v) is 9.83. The zero-order valence-electron chi connectivity index (χ0n) is 8.83. The fraction of sp³-hybridized carbons (Fsp3) is 0.600. The molecular formula is C10H16O3Si. The molecule has 0 saturated heterocycles. The first-order valence-corrected chi connectivity index (χ1v) is 8.29. The maximum absolute atomic E-state index is 11.8. The van der Waals surface area contributed by atoms with Crippen molar-refractivity contribution in [3.8, 4) is 0 Å². The predicted molar refractivity (Wildman–Crippen MR) is 56.8 cm³/mol. The van der Waals surface area contributed by atoms with E-state index in [1.54, 1.807) is 0 Å². The summed E-state index contributed by atoms with van der Waals surface area (Å²) in [5.74, 6) is -1.10. The van der Waals surface area contributed by atoms with Crippen LogP contribution in [-0.4, -0.2) is 24.9 Å². The SMILES string of the molecule is C[Si](C)(C)C1=CCC(CC(=O)O)C1=O. The van der Waals surface area contributed by atoms with Crippen molar-refractivity contribution < 1.29 is 14.7 Å². The minimum atomic E-state index is -1.56. The smallest absolute Gasteiger partial charge is 0.304 e. The topological polar surface area (TPSA) is 54.4 Å². The summed E-state index contributed by atoms with van der Waals surface area (Å²) in [5, 5.41) is 9.54. The molecule has 14 heavy (non-hydrogen) atoms. The van der Waals surface area contributed by atoms with Crippen LogP contribution in [0.25, 0.3) is 0 Å². The maximum atomic E-state index is 11.8. The van der Waals surface area contributed by atoms with Gasteiger partial charge in [0.15, 0.2) is 5.78 Å². The number of aliphatic carboxylic acids is 1. The average molecular weight is 212 g/mol. The Morgan fingerprint density at radius 1 is 1.57 bits per heavy atom. The van der Waals surface area contributed by atoms with E-state index < -0.39 is 14.0 Å². The highest BCUT2D eigenvalue weighted by Gasteiger charge is 2.35. The summed E-state index contributed by atoms with van der Waals surface area (Å²) in [5.41, 5.74) is 0. The normalized spacial score (nSPS) is 22.4. The molecule has 4 heteroatoms. The average Bonchev–Trinajstić information content (AvgIpc) is 2.30. The van der Waals surface area contributed by atoms with Crippen molar-refractivity contribution in [2.24, 2.45) is 5.92 Å². The van der Waals surface area contributed by atoms with E-state index in [4.69, 9.17) is 5.11 Å². The summed E-state index contributed by atoms with van der Waals surface area (Å²) in [6.07, 6.45) is 2.54. The summed E-state index contributed by atoms with van der Waals surface area (Å²) in [6.45, 7) is 6.33. The molecule has 0 fully saturated rings. The first-order valence-electron chi connectivity index (χ1n) is 4.79. The van der Waals surface area contributed by atoms with Crippen LogP contribution in [0.4, 0.5) is 0 Å². The Morgan fingerprint density at radius 2 is 2.14 bits per heavy atom. The summed E-state index contributed by atoms with van der Waals surface area (Å²) in [6, 6.07) is 0. The molecule has 1 N–H and O–H groups in total. The number of carbonyl (C=O) groups excluding carboxylic acids is 1. The Labute approximate surface area is 84.8 Å². The fourth-order valence-corrected chi connectivity index (χ4v) is 3.42. The van der Waals surface area contributed by atoms with Crippen molar-refractivity contribution in [2.45, 2.75) is 32.5 Å². The van der Waals surface area contributed by atoms with Gasteiger partial charge in [-0.05, 0) is 11.6 Å². The van der Waals surface area contributed by atoms with Crippen molar-refractivity contribution in [3.63, 3.8) is 0 Å². The maximum Gasteiger partial charge on any atom is 0.304 e. The van der Waals surface area contributed by atoms with Crippen LogP contribution in [0.3, 0.4) is 0 Å². The third-order valence-corrected chi connectivity index (χ3v) is 4.54. The molecule has 1 aliphatic carbocycles. The number of carboxylic acid groups (broad SMARTS) is 1. The number of carboxylic acids is 1. The second-order valence-electron chi connectivity index (χ2n) is 4.76. The summed E-state index contributed by atoms with van der Waals surface area (Å²) < 4.78 is 0. The molecule has 0 saturated carbocycles. The number of carbonyl (C=O) groups is 2. The molecule has 0 aromatic heterocycles. The van der Waals surface area contributed by atoms with E-state index in [-0.39, 0.29) is 18.1 Å². The van der Waals surface area contributed by atoms with E-state index in [0.717, 1.165) is 5.20 Å². The van der Waals surface area contributed by atoms with Gasteiger partial charge in [-0.15, -0.1) is 0 Å². The number of hydrogen-bond acceptors (Lipinski definition) is 2. The Morgan fingerprint density at radius 3 is 2.50 bits per heavy atom. The second kappa shape index (κ2) is 3.69. The third-order valence-electron chi connectivity index (χ3n) is 2.47. The summed E-state index contributed by atoms with van der Waals surface area (Å²) in [4.78, 5) is 22.3. The van der Waals surface area contributed by atoms with E-state index in [9.17, 15) is 9.59 Å². The highest BCUT2D eigenvalue weighted by molar-refractivity contribution is 6.87. The van der Waals surface area contributed by atoms with E-state index in [1.807, 2.05) is 6.08 Å². The van der Waals surface area contributed by atoms with Gasteiger partial charge < -0.3 is 5.11 Å². The van der Waals surface area contributed by atoms with Gasteiger partial charge in [-0.3, -0.25) is 9.59 Å². The molecule has 1 rings (SSSR count). The first-order chi connectivity index (χ1) is 6.32. The molecule has 0 heterocycles. The quantitative estimate of drug-likeness (QED) is 0.726. The molecule has 3 nitrogen and oxygen atoms in total. The van der Waals surface area contributed by atoms with Gasteiger partial charge in [0.1, 0.15) is 0 Å². The summed E-state index contributed by atoms with van der Waals surface area (Å²) in [7, 11) is -1.56. The molecule has 0 aromatic rings. The lowest BCUT2D eigenvalue weighted by atomic mass is 10.0. The lowest BCUT2D eigenvalue weighted by molar-refractivity contribution is -0.139. The third kappa shape index (κ3) is 2.32. The first kappa shape index (κ1) is 11.2. The molecule has 0 aromatic carbocycles. The molecule has 78 valence electrons. The molecule has 0 radical (unpaired) electrons. The van der Waals surface area contributed by atoms with E-state index in [1.165, 1.54) is 0 Å². The molecule has 1 aliphatic rings. The molecule has 0 aliphatic heterocycles.